The molecule has 0 saturated heterocycles. The third kappa shape index (κ3) is 6.12. The van der Waals surface area contributed by atoms with E-state index in [1.165, 1.54) is 0 Å². The lowest BCUT2D eigenvalue weighted by atomic mass is 10.1. The second-order valence-corrected chi connectivity index (χ2v) is 8.08. The number of carbonyl (C=O) groups is 1. The Morgan fingerprint density at radius 1 is 0.943 bits per heavy atom. The van der Waals surface area contributed by atoms with Crippen LogP contribution in [0.1, 0.15) is 30.3 Å². The molecule has 0 N–H and O–H groups in total. The third-order valence-corrected chi connectivity index (χ3v) is 5.73. The number of ether oxygens (including phenoxy) is 4. The first-order chi connectivity index (χ1) is 17.1. The van der Waals surface area contributed by atoms with Crippen LogP contribution < -0.4 is 14.2 Å². The maximum Gasteiger partial charge on any atom is 0.306 e. The summed E-state index contributed by atoms with van der Waals surface area (Å²) < 4.78 is 24.6. The van der Waals surface area contributed by atoms with E-state index in [4.69, 9.17) is 18.9 Å². The molecule has 0 radical (unpaired) electrons. The predicted molar refractivity (Wildman–Crippen MR) is 134 cm³/mol. The van der Waals surface area contributed by atoms with E-state index in [1.54, 1.807) is 14.0 Å². The monoisotopic (exact) mass is 474 g/mol. The average Bonchev–Trinajstić information content (AvgIpc) is 3.20. The van der Waals surface area contributed by atoms with Crippen LogP contribution in [0.3, 0.4) is 0 Å². The van der Waals surface area contributed by atoms with E-state index >= 15 is 0 Å². The summed E-state index contributed by atoms with van der Waals surface area (Å²) in [5, 5.41) is 0. The zero-order chi connectivity index (χ0) is 24.6. The lowest BCUT2D eigenvalue weighted by Gasteiger charge is -2.14. The van der Waals surface area contributed by atoms with Crippen LogP contribution in [-0.2, 0) is 36.2 Å². The van der Waals surface area contributed by atoms with Crippen LogP contribution in [0.25, 0.3) is 11.0 Å². The minimum Gasteiger partial charge on any atom is -0.497 e. The Morgan fingerprint density at radius 2 is 1.74 bits per heavy atom. The Kier molecular flexibility index (Phi) is 7.88. The van der Waals surface area contributed by atoms with Gasteiger partial charge in [0.1, 0.15) is 36.3 Å². The van der Waals surface area contributed by atoms with Crippen LogP contribution in [0.5, 0.6) is 17.2 Å². The first-order valence-corrected chi connectivity index (χ1v) is 11.6. The zero-order valence-electron chi connectivity index (χ0n) is 20.3. The third-order valence-electron chi connectivity index (χ3n) is 5.73. The molecule has 0 spiro atoms. The Bertz CT molecular complexity index is 1280. The van der Waals surface area contributed by atoms with Crippen molar-refractivity contribution < 1.29 is 23.7 Å². The quantitative estimate of drug-likeness (QED) is 0.277. The average molecular weight is 475 g/mol. The van der Waals surface area contributed by atoms with Gasteiger partial charge in [-0.2, -0.15) is 0 Å². The summed E-state index contributed by atoms with van der Waals surface area (Å²) in [4.78, 5) is 16.6. The Morgan fingerprint density at radius 3 is 2.51 bits per heavy atom. The topological polar surface area (TPSA) is 71.8 Å². The molecule has 0 unspecified atom stereocenters. The number of fused-ring (bicyclic) bond motifs is 1. The number of carbonyl (C=O) groups excluding carboxylic acids is 1. The van der Waals surface area contributed by atoms with E-state index in [-0.39, 0.29) is 5.97 Å². The van der Waals surface area contributed by atoms with Crippen molar-refractivity contribution >= 4 is 17.0 Å². The number of esters is 1. The van der Waals surface area contributed by atoms with E-state index in [1.807, 2.05) is 78.3 Å². The van der Waals surface area contributed by atoms with Gasteiger partial charge >= 0.3 is 5.97 Å². The number of methoxy groups -OCH3 is 1. The number of benzene rings is 3. The molecule has 4 aromatic rings. The van der Waals surface area contributed by atoms with Crippen molar-refractivity contribution in [3.8, 4) is 17.2 Å². The smallest absolute Gasteiger partial charge is 0.306 e. The largest absolute Gasteiger partial charge is 0.497 e. The molecule has 0 atom stereocenters. The lowest BCUT2D eigenvalue weighted by Crippen LogP contribution is -2.07. The van der Waals surface area contributed by atoms with E-state index in [9.17, 15) is 4.79 Å². The highest BCUT2D eigenvalue weighted by Crippen LogP contribution is 2.28. The first kappa shape index (κ1) is 24.1. The Hall–Kier alpha value is -4.00. The fourth-order valence-corrected chi connectivity index (χ4v) is 3.79. The minimum absolute atomic E-state index is 0.222. The number of hydrogen-bond acceptors (Lipinski definition) is 6. The van der Waals surface area contributed by atoms with Crippen molar-refractivity contribution in [2.45, 2.75) is 33.0 Å². The first-order valence-electron chi connectivity index (χ1n) is 11.6. The van der Waals surface area contributed by atoms with Gasteiger partial charge in [-0.05, 0) is 42.7 Å². The molecule has 1 heterocycles. The molecule has 7 nitrogen and oxygen atoms in total. The summed E-state index contributed by atoms with van der Waals surface area (Å²) in [5.74, 6) is 2.71. The number of rotatable bonds is 11. The molecule has 0 saturated carbocycles. The summed E-state index contributed by atoms with van der Waals surface area (Å²) in [5.41, 5.74) is 3.85. The molecule has 0 fully saturated rings. The number of nitrogens with zero attached hydrogens (tertiary/aromatic N) is 2. The molecule has 0 amide bonds. The van der Waals surface area contributed by atoms with Crippen LogP contribution in [0.4, 0.5) is 0 Å². The molecule has 0 aliphatic rings. The molecule has 182 valence electrons. The molecule has 7 heteroatoms. The van der Waals surface area contributed by atoms with Gasteiger partial charge in [-0.15, -0.1) is 0 Å². The number of aryl methyl sites for hydroxylation is 2. The van der Waals surface area contributed by atoms with Gasteiger partial charge in [-0.25, -0.2) is 4.98 Å². The van der Waals surface area contributed by atoms with Crippen LogP contribution in [0.15, 0.2) is 66.7 Å². The van der Waals surface area contributed by atoms with E-state index in [0.29, 0.717) is 44.2 Å². The van der Waals surface area contributed by atoms with Crippen molar-refractivity contribution in [3.05, 3.63) is 83.7 Å². The molecule has 35 heavy (non-hydrogen) atoms. The lowest BCUT2D eigenvalue weighted by molar-refractivity contribution is -0.143. The standard InChI is InChI=1S/C28H30N2O5/c1-4-33-28(31)15-11-21-10-12-23(17-26(21)35-18-20-8-6-5-7-9-20)34-19-27-29-24-14-13-22(32-3)16-25(24)30(27)2/h5-10,12-14,16-17H,4,11,15,18-19H2,1-3H3. The molecule has 1 aromatic heterocycles. The highest BCUT2D eigenvalue weighted by Gasteiger charge is 2.13. The van der Waals surface area contributed by atoms with Crippen molar-refractivity contribution in [2.24, 2.45) is 7.05 Å². The van der Waals surface area contributed by atoms with Crippen molar-refractivity contribution in [3.63, 3.8) is 0 Å². The van der Waals surface area contributed by atoms with Gasteiger partial charge in [-0.1, -0.05) is 36.4 Å². The summed E-state index contributed by atoms with van der Waals surface area (Å²) in [6, 6.07) is 21.4. The van der Waals surface area contributed by atoms with Gasteiger partial charge in [0.15, 0.2) is 0 Å². The second kappa shape index (κ2) is 11.4. The van der Waals surface area contributed by atoms with Gasteiger partial charge in [0.2, 0.25) is 0 Å². The maximum absolute atomic E-state index is 11.9. The van der Waals surface area contributed by atoms with Crippen molar-refractivity contribution in [1.29, 1.82) is 0 Å². The zero-order valence-corrected chi connectivity index (χ0v) is 20.3. The molecule has 4 rings (SSSR count). The van der Waals surface area contributed by atoms with E-state index < -0.39 is 0 Å². The fourth-order valence-electron chi connectivity index (χ4n) is 3.79. The van der Waals surface area contributed by atoms with Crippen LogP contribution in [-0.4, -0.2) is 29.2 Å². The SMILES string of the molecule is CCOC(=O)CCc1ccc(OCc2nc3ccc(OC)cc3n2C)cc1OCc1ccccc1. The molecular weight excluding hydrogens is 444 g/mol. The molecule has 3 aromatic carbocycles. The van der Waals surface area contributed by atoms with Crippen LogP contribution >= 0.6 is 0 Å². The highest BCUT2D eigenvalue weighted by molar-refractivity contribution is 5.77. The summed E-state index contributed by atoms with van der Waals surface area (Å²) in [6.45, 7) is 2.90. The maximum atomic E-state index is 11.9. The van der Waals surface area contributed by atoms with Gasteiger partial charge < -0.3 is 23.5 Å². The summed E-state index contributed by atoms with van der Waals surface area (Å²) in [7, 11) is 3.61. The molecule has 0 aliphatic heterocycles. The molecular formula is C28H30N2O5. The van der Waals surface area contributed by atoms with Crippen LogP contribution in [0.2, 0.25) is 0 Å². The van der Waals surface area contributed by atoms with E-state index in [2.05, 4.69) is 4.98 Å². The van der Waals surface area contributed by atoms with Crippen molar-refractivity contribution in [1.82, 2.24) is 9.55 Å². The summed E-state index contributed by atoms with van der Waals surface area (Å²) in [6.07, 6.45) is 0.814. The number of hydrogen-bond donors (Lipinski definition) is 0. The van der Waals surface area contributed by atoms with E-state index in [0.717, 1.165) is 33.7 Å². The minimum atomic E-state index is -0.222. The van der Waals surface area contributed by atoms with Gasteiger partial charge in [0, 0.05) is 25.6 Å². The van der Waals surface area contributed by atoms with Gasteiger partial charge in [0.05, 0.1) is 24.8 Å². The fraction of sp³-hybridized carbons (Fsp3) is 0.286. The number of imidazole rings is 1. The molecule has 0 aliphatic carbocycles. The predicted octanol–water partition coefficient (Wildman–Crippen LogP) is 5.24. The second-order valence-electron chi connectivity index (χ2n) is 8.08. The van der Waals surface area contributed by atoms with Gasteiger partial charge in [0.25, 0.3) is 0 Å². The molecule has 0 bridgehead atoms. The number of aromatic nitrogens is 2. The van der Waals surface area contributed by atoms with Gasteiger partial charge in [-0.3, -0.25) is 4.79 Å². The van der Waals surface area contributed by atoms with Crippen molar-refractivity contribution in [2.75, 3.05) is 13.7 Å². The highest BCUT2D eigenvalue weighted by atomic mass is 16.5. The Balaban J connectivity index is 1.50. The normalized spacial score (nSPS) is 10.8. The Labute approximate surface area is 205 Å². The summed E-state index contributed by atoms with van der Waals surface area (Å²) >= 11 is 0. The van der Waals surface area contributed by atoms with Crippen LogP contribution in [0, 0.1) is 0 Å².